The van der Waals surface area contributed by atoms with Gasteiger partial charge in [0.15, 0.2) is 0 Å². The van der Waals surface area contributed by atoms with Crippen LogP contribution in [0.4, 0.5) is 13.2 Å². The molecular weight excluding hydrogens is 273 g/mol. The van der Waals surface area contributed by atoms with E-state index >= 15 is 0 Å². The first-order valence-corrected chi connectivity index (χ1v) is 7.40. The van der Waals surface area contributed by atoms with E-state index in [1.807, 2.05) is 18.4 Å². The third kappa shape index (κ3) is 3.12. The van der Waals surface area contributed by atoms with Crippen LogP contribution in [0, 0.1) is 18.8 Å². The summed E-state index contributed by atoms with van der Waals surface area (Å²) in [5.41, 5.74) is 3.53. The molecule has 3 N–H and O–H groups in total. The predicted molar refractivity (Wildman–Crippen MR) is 70.6 cm³/mol. The van der Waals surface area contributed by atoms with Gasteiger partial charge < -0.3 is 0 Å². The largest absolute Gasteiger partial charge is 0.392 e. The number of aryl methyl sites for hydroxylation is 1. The highest BCUT2D eigenvalue weighted by atomic mass is 32.1. The van der Waals surface area contributed by atoms with Crippen molar-refractivity contribution in [3.63, 3.8) is 0 Å². The van der Waals surface area contributed by atoms with Crippen molar-refractivity contribution in [2.75, 3.05) is 0 Å². The van der Waals surface area contributed by atoms with Crippen molar-refractivity contribution in [1.82, 2.24) is 5.43 Å². The molecule has 0 radical (unpaired) electrons. The van der Waals surface area contributed by atoms with Crippen molar-refractivity contribution in [3.8, 4) is 0 Å². The first-order chi connectivity index (χ1) is 8.95. The van der Waals surface area contributed by atoms with Gasteiger partial charge >= 0.3 is 6.18 Å². The fourth-order valence-corrected chi connectivity index (χ4v) is 3.88. The number of rotatable bonds is 3. The van der Waals surface area contributed by atoms with Gasteiger partial charge in [-0.2, -0.15) is 13.2 Å². The van der Waals surface area contributed by atoms with Gasteiger partial charge in [0.1, 0.15) is 0 Å². The number of alkyl halides is 3. The van der Waals surface area contributed by atoms with Gasteiger partial charge in [-0.15, -0.1) is 11.3 Å². The predicted octanol–water partition coefficient (Wildman–Crippen LogP) is 3.93. The van der Waals surface area contributed by atoms with Gasteiger partial charge in [0.25, 0.3) is 0 Å². The summed E-state index contributed by atoms with van der Waals surface area (Å²) in [6.45, 7) is 1.93. The quantitative estimate of drug-likeness (QED) is 0.654. The second-order valence-electron chi connectivity index (χ2n) is 5.17. The number of hydrogen-bond acceptors (Lipinski definition) is 3. The first-order valence-electron chi connectivity index (χ1n) is 6.52. The number of nitrogens with two attached hydrogens (primary N) is 1. The van der Waals surface area contributed by atoms with Gasteiger partial charge in [0, 0.05) is 4.88 Å². The van der Waals surface area contributed by atoms with E-state index in [-0.39, 0.29) is 6.42 Å². The Hall–Kier alpha value is -0.590. The molecule has 0 spiro atoms. The molecule has 2 rings (SSSR count). The molecule has 0 bridgehead atoms. The summed E-state index contributed by atoms with van der Waals surface area (Å²) in [6, 6.07) is 1.48. The number of nitrogens with one attached hydrogen (secondary N) is 1. The molecule has 2 nitrogen and oxygen atoms in total. The molecule has 0 saturated heterocycles. The third-order valence-corrected chi connectivity index (χ3v) is 4.94. The average Bonchev–Trinajstić information content (AvgIpc) is 2.76. The van der Waals surface area contributed by atoms with E-state index in [1.165, 1.54) is 0 Å². The molecule has 0 aromatic carbocycles. The van der Waals surface area contributed by atoms with Gasteiger partial charge in [-0.05, 0) is 42.7 Å². The summed E-state index contributed by atoms with van der Waals surface area (Å²) in [5.74, 6) is 3.84. The van der Waals surface area contributed by atoms with E-state index in [1.54, 1.807) is 11.3 Å². The highest BCUT2D eigenvalue weighted by Crippen LogP contribution is 2.47. The number of thiophene rings is 1. The van der Waals surface area contributed by atoms with Crippen LogP contribution in [0.15, 0.2) is 11.4 Å². The highest BCUT2D eigenvalue weighted by Gasteiger charge is 2.48. The Labute approximate surface area is 115 Å². The van der Waals surface area contributed by atoms with Gasteiger partial charge in [0.05, 0.1) is 12.0 Å². The second kappa shape index (κ2) is 5.81. The highest BCUT2D eigenvalue weighted by molar-refractivity contribution is 7.10. The van der Waals surface area contributed by atoms with Crippen LogP contribution >= 0.6 is 11.3 Å². The van der Waals surface area contributed by atoms with E-state index < -0.39 is 24.1 Å². The lowest BCUT2D eigenvalue weighted by atomic mass is 9.73. The zero-order valence-corrected chi connectivity index (χ0v) is 11.7. The lowest BCUT2D eigenvalue weighted by Gasteiger charge is -2.38. The van der Waals surface area contributed by atoms with Crippen LogP contribution < -0.4 is 11.3 Å². The fraction of sp³-hybridized carbons (Fsp3) is 0.692. The Morgan fingerprint density at radius 1 is 1.37 bits per heavy atom. The lowest BCUT2D eigenvalue weighted by Crippen LogP contribution is -2.43. The summed E-state index contributed by atoms with van der Waals surface area (Å²) in [6.07, 6.45) is -1.84. The molecule has 108 valence electrons. The number of halogens is 3. The van der Waals surface area contributed by atoms with E-state index in [0.29, 0.717) is 12.8 Å². The van der Waals surface area contributed by atoms with Crippen LogP contribution in [0.25, 0.3) is 0 Å². The molecule has 3 unspecified atom stereocenters. The maximum Gasteiger partial charge on any atom is 0.392 e. The van der Waals surface area contributed by atoms with Gasteiger partial charge in [0.2, 0.25) is 0 Å². The van der Waals surface area contributed by atoms with E-state index in [2.05, 4.69) is 5.43 Å². The first kappa shape index (κ1) is 14.8. The topological polar surface area (TPSA) is 38.0 Å². The van der Waals surface area contributed by atoms with Crippen molar-refractivity contribution in [3.05, 3.63) is 21.9 Å². The van der Waals surface area contributed by atoms with Gasteiger partial charge in [-0.25, -0.2) is 0 Å². The van der Waals surface area contributed by atoms with E-state index in [9.17, 15) is 13.2 Å². The standard InChI is InChI=1S/C13H19F3N2S/c1-8-9(6-7-19-8)12(18-17)10-4-2-3-5-11(10)13(14,15)16/h6-7,10-12,18H,2-5,17H2,1H3. The normalized spacial score (nSPS) is 26.4. The molecule has 1 aliphatic rings. The fourth-order valence-electron chi connectivity index (χ4n) is 3.13. The molecule has 1 aromatic heterocycles. The molecule has 1 aromatic rings. The molecule has 1 saturated carbocycles. The lowest BCUT2D eigenvalue weighted by molar-refractivity contribution is -0.199. The summed E-state index contributed by atoms with van der Waals surface area (Å²) in [7, 11) is 0. The Bertz CT molecular complexity index is 416. The van der Waals surface area contributed by atoms with Gasteiger partial charge in [-0.1, -0.05) is 12.8 Å². The molecule has 6 heteroatoms. The monoisotopic (exact) mass is 292 g/mol. The van der Waals surface area contributed by atoms with Crippen LogP contribution in [0.1, 0.15) is 42.2 Å². The maximum absolute atomic E-state index is 13.2. The summed E-state index contributed by atoms with van der Waals surface area (Å²) in [5, 5.41) is 1.90. The summed E-state index contributed by atoms with van der Waals surface area (Å²) < 4.78 is 39.5. The second-order valence-corrected chi connectivity index (χ2v) is 6.29. The average molecular weight is 292 g/mol. The van der Waals surface area contributed by atoms with Crippen molar-refractivity contribution in [2.45, 2.75) is 44.8 Å². The van der Waals surface area contributed by atoms with Crippen molar-refractivity contribution in [1.29, 1.82) is 0 Å². The van der Waals surface area contributed by atoms with E-state index in [0.717, 1.165) is 16.9 Å². The van der Waals surface area contributed by atoms with Crippen LogP contribution in [-0.4, -0.2) is 6.18 Å². The Balaban J connectivity index is 2.27. The summed E-state index contributed by atoms with van der Waals surface area (Å²) in [4.78, 5) is 1.04. The van der Waals surface area contributed by atoms with Crippen LogP contribution in [0.3, 0.4) is 0 Å². The number of hydrogen-bond donors (Lipinski definition) is 2. The zero-order chi connectivity index (χ0) is 14.0. The third-order valence-electron chi connectivity index (χ3n) is 4.08. The smallest absolute Gasteiger partial charge is 0.271 e. The van der Waals surface area contributed by atoms with Gasteiger partial charge in [-0.3, -0.25) is 11.3 Å². The van der Waals surface area contributed by atoms with Crippen LogP contribution in [0.2, 0.25) is 0 Å². The Kier molecular flexibility index (Phi) is 4.53. The van der Waals surface area contributed by atoms with Crippen molar-refractivity contribution >= 4 is 11.3 Å². The molecule has 1 heterocycles. The summed E-state index contributed by atoms with van der Waals surface area (Å²) >= 11 is 1.54. The van der Waals surface area contributed by atoms with Crippen molar-refractivity contribution in [2.24, 2.45) is 17.7 Å². The number of hydrazine groups is 1. The minimum Gasteiger partial charge on any atom is -0.271 e. The zero-order valence-electron chi connectivity index (χ0n) is 10.8. The molecular formula is C13H19F3N2S. The Morgan fingerprint density at radius 3 is 2.58 bits per heavy atom. The minimum absolute atomic E-state index is 0.218. The van der Waals surface area contributed by atoms with Crippen LogP contribution in [-0.2, 0) is 0 Å². The molecule has 1 aliphatic carbocycles. The van der Waals surface area contributed by atoms with Crippen LogP contribution in [0.5, 0.6) is 0 Å². The molecule has 1 fully saturated rings. The van der Waals surface area contributed by atoms with E-state index in [4.69, 9.17) is 5.84 Å². The Morgan fingerprint density at radius 2 is 2.05 bits per heavy atom. The molecule has 0 amide bonds. The molecule has 0 aliphatic heterocycles. The minimum atomic E-state index is -4.13. The SMILES string of the molecule is Cc1sccc1C(NN)C1CCCCC1C(F)(F)F. The van der Waals surface area contributed by atoms with Crippen molar-refractivity contribution < 1.29 is 13.2 Å². The molecule has 19 heavy (non-hydrogen) atoms. The molecule has 3 atom stereocenters. The maximum atomic E-state index is 13.2.